The number of piperidine rings is 1. The average Bonchev–Trinajstić information content (AvgIpc) is 2.86. The first-order valence-electron chi connectivity index (χ1n) is 6.08. The normalized spacial score (nSPS) is 18.0. The summed E-state index contributed by atoms with van der Waals surface area (Å²) in [4.78, 5) is 15.6. The fourth-order valence-electron chi connectivity index (χ4n) is 2.22. The van der Waals surface area contributed by atoms with Gasteiger partial charge in [-0.1, -0.05) is 0 Å². The van der Waals surface area contributed by atoms with Crippen LogP contribution >= 0.6 is 10.7 Å². The molecule has 1 aromatic heterocycles. The summed E-state index contributed by atoms with van der Waals surface area (Å²) in [5, 5.41) is 0. The molecule has 0 aromatic carbocycles. The van der Waals surface area contributed by atoms with Crippen molar-refractivity contribution < 1.29 is 26.4 Å². The number of aromatic amines is 1. The number of hydrogen-bond donors (Lipinski definition) is 1. The monoisotopic (exact) mass is 344 g/mol. The third-order valence-corrected chi connectivity index (χ3v) is 4.75. The zero-order valence-corrected chi connectivity index (χ0v) is 12.2. The van der Waals surface area contributed by atoms with Crippen molar-refractivity contribution >= 4 is 25.6 Å². The minimum Gasteiger partial charge on any atom is -0.356 e. The lowest BCUT2D eigenvalue weighted by Crippen LogP contribution is -2.42. The van der Waals surface area contributed by atoms with Crippen molar-refractivity contribution in [3.63, 3.8) is 0 Å². The second kappa shape index (κ2) is 5.53. The fraction of sp³-hybridized carbons (Fsp3) is 0.545. The van der Waals surface area contributed by atoms with E-state index >= 15 is 0 Å². The number of likely N-dealkylation sites (tertiary alicyclic amines) is 1. The number of carbonyl (C=O) groups excluding carboxylic acids is 1. The number of carbonyl (C=O) groups is 1. The SMILES string of the molecule is O=C(c1cc(S(=O)(=O)Cl)c[nH]1)N1CCC(C(F)(F)F)CC1. The molecule has 1 amide bonds. The second-order valence-corrected chi connectivity index (χ2v) is 7.36. The molecule has 0 unspecified atom stereocenters. The Labute approximate surface area is 123 Å². The molecule has 5 nitrogen and oxygen atoms in total. The van der Waals surface area contributed by atoms with E-state index in [-0.39, 0.29) is 36.5 Å². The van der Waals surface area contributed by atoms with Crippen LogP contribution in [-0.2, 0) is 9.05 Å². The number of amides is 1. The van der Waals surface area contributed by atoms with E-state index in [4.69, 9.17) is 10.7 Å². The molecular formula is C11H12ClF3N2O3S. The van der Waals surface area contributed by atoms with E-state index in [1.807, 2.05) is 0 Å². The molecule has 1 saturated heterocycles. The summed E-state index contributed by atoms with van der Waals surface area (Å²) in [5.41, 5.74) is -0.0142. The van der Waals surface area contributed by atoms with Crippen LogP contribution in [0.25, 0.3) is 0 Å². The summed E-state index contributed by atoms with van der Waals surface area (Å²) < 4.78 is 59.8. The molecule has 21 heavy (non-hydrogen) atoms. The summed E-state index contributed by atoms with van der Waals surface area (Å²) >= 11 is 0. The van der Waals surface area contributed by atoms with E-state index in [0.29, 0.717) is 0 Å². The Kier molecular flexibility index (Phi) is 4.25. The molecule has 1 aliphatic heterocycles. The molecule has 0 atom stereocenters. The van der Waals surface area contributed by atoms with Crippen LogP contribution in [0.1, 0.15) is 23.3 Å². The van der Waals surface area contributed by atoms with Gasteiger partial charge in [-0.05, 0) is 18.9 Å². The standard InChI is InChI=1S/C11H12ClF3N2O3S/c12-21(19,20)8-5-9(16-6-8)10(18)17-3-1-7(2-4-17)11(13,14)15/h5-7,16H,1-4H2. The van der Waals surface area contributed by atoms with Gasteiger partial charge in [-0.3, -0.25) is 4.79 Å². The minimum absolute atomic E-state index is 0.0142. The number of halogens is 4. The molecule has 0 bridgehead atoms. The zero-order chi connectivity index (χ0) is 15.8. The number of aromatic nitrogens is 1. The van der Waals surface area contributed by atoms with Crippen LogP contribution in [0, 0.1) is 5.92 Å². The number of alkyl halides is 3. The molecule has 10 heteroatoms. The van der Waals surface area contributed by atoms with Crippen LogP contribution in [0.15, 0.2) is 17.2 Å². The lowest BCUT2D eigenvalue weighted by Gasteiger charge is -2.32. The molecule has 1 fully saturated rings. The van der Waals surface area contributed by atoms with Crippen LogP contribution in [-0.4, -0.2) is 43.5 Å². The van der Waals surface area contributed by atoms with E-state index in [1.165, 1.54) is 4.90 Å². The van der Waals surface area contributed by atoms with E-state index in [0.717, 1.165) is 12.3 Å². The maximum atomic E-state index is 12.5. The molecule has 0 aliphatic carbocycles. The van der Waals surface area contributed by atoms with E-state index < -0.39 is 27.1 Å². The first-order valence-corrected chi connectivity index (χ1v) is 8.39. The third-order valence-electron chi connectivity index (χ3n) is 3.41. The molecular weight excluding hydrogens is 333 g/mol. The lowest BCUT2D eigenvalue weighted by molar-refractivity contribution is -0.183. The Morgan fingerprint density at radius 3 is 2.33 bits per heavy atom. The highest BCUT2D eigenvalue weighted by molar-refractivity contribution is 8.13. The molecule has 1 N–H and O–H groups in total. The number of nitrogens with one attached hydrogen (secondary N) is 1. The number of rotatable bonds is 2. The lowest BCUT2D eigenvalue weighted by atomic mass is 9.96. The predicted molar refractivity (Wildman–Crippen MR) is 68.5 cm³/mol. The zero-order valence-electron chi connectivity index (χ0n) is 10.7. The van der Waals surface area contributed by atoms with Gasteiger partial charge in [-0.15, -0.1) is 0 Å². The highest BCUT2D eigenvalue weighted by atomic mass is 35.7. The van der Waals surface area contributed by atoms with Crippen LogP contribution in [0.4, 0.5) is 13.2 Å². The van der Waals surface area contributed by atoms with Gasteiger partial charge in [-0.25, -0.2) is 8.42 Å². The number of H-pyrrole nitrogens is 1. The van der Waals surface area contributed by atoms with Crippen molar-refractivity contribution in [2.45, 2.75) is 23.9 Å². The summed E-state index contributed by atoms with van der Waals surface area (Å²) in [7, 11) is 1.18. The average molecular weight is 345 g/mol. The van der Waals surface area contributed by atoms with Gasteiger partial charge in [0.25, 0.3) is 15.0 Å². The van der Waals surface area contributed by atoms with Gasteiger partial charge in [-0.2, -0.15) is 13.2 Å². The molecule has 2 rings (SSSR count). The Hall–Kier alpha value is -1.22. The first-order chi connectivity index (χ1) is 9.59. The van der Waals surface area contributed by atoms with Crippen molar-refractivity contribution in [3.05, 3.63) is 18.0 Å². The summed E-state index contributed by atoms with van der Waals surface area (Å²) in [5.74, 6) is -1.94. The van der Waals surface area contributed by atoms with Crippen LogP contribution in [0.2, 0.25) is 0 Å². The quantitative estimate of drug-likeness (QED) is 0.837. The van der Waals surface area contributed by atoms with Crippen LogP contribution in [0.5, 0.6) is 0 Å². The number of nitrogens with zero attached hydrogens (tertiary/aromatic N) is 1. The smallest absolute Gasteiger partial charge is 0.356 e. The maximum Gasteiger partial charge on any atom is 0.391 e. The Bertz CT molecular complexity index is 633. The molecule has 1 aromatic rings. The van der Waals surface area contributed by atoms with Crippen molar-refractivity contribution in [2.75, 3.05) is 13.1 Å². The van der Waals surface area contributed by atoms with E-state index in [9.17, 15) is 26.4 Å². The van der Waals surface area contributed by atoms with Crippen LogP contribution < -0.4 is 0 Å². The van der Waals surface area contributed by atoms with Crippen LogP contribution in [0.3, 0.4) is 0 Å². The Balaban J connectivity index is 2.04. The summed E-state index contributed by atoms with van der Waals surface area (Å²) in [6.07, 6.45) is -3.49. The van der Waals surface area contributed by atoms with Gasteiger partial charge < -0.3 is 9.88 Å². The van der Waals surface area contributed by atoms with Gasteiger partial charge in [0.15, 0.2) is 0 Å². The highest BCUT2D eigenvalue weighted by Crippen LogP contribution is 2.34. The molecule has 0 radical (unpaired) electrons. The van der Waals surface area contributed by atoms with Crippen molar-refractivity contribution in [1.82, 2.24) is 9.88 Å². The first kappa shape index (κ1) is 16.2. The topological polar surface area (TPSA) is 70.2 Å². The predicted octanol–water partition coefficient (Wildman–Crippen LogP) is 2.36. The molecule has 0 saturated carbocycles. The van der Waals surface area contributed by atoms with Gasteiger partial charge >= 0.3 is 6.18 Å². The van der Waals surface area contributed by atoms with Crippen molar-refractivity contribution in [2.24, 2.45) is 5.92 Å². The Morgan fingerprint density at radius 1 is 1.33 bits per heavy atom. The second-order valence-electron chi connectivity index (χ2n) is 4.79. The molecule has 2 heterocycles. The molecule has 1 aliphatic rings. The van der Waals surface area contributed by atoms with Crippen molar-refractivity contribution in [3.8, 4) is 0 Å². The van der Waals surface area contributed by atoms with E-state index in [1.54, 1.807) is 0 Å². The van der Waals surface area contributed by atoms with E-state index in [2.05, 4.69) is 4.98 Å². The number of hydrogen-bond acceptors (Lipinski definition) is 3. The minimum atomic E-state index is -4.25. The molecule has 0 spiro atoms. The fourth-order valence-corrected chi connectivity index (χ4v) is 2.94. The van der Waals surface area contributed by atoms with Gasteiger partial charge in [0, 0.05) is 30.0 Å². The Morgan fingerprint density at radius 2 is 1.90 bits per heavy atom. The molecule has 118 valence electrons. The van der Waals surface area contributed by atoms with Gasteiger partial charge in [0.2, 0.25) is 0 Å². The highest BCUT2D eigenvalue weighted by Gasteiger charge is 2.41. The summed E-state index contributed by atoms with van der Waals surface area (Å²) in [6.45, 7) is -0.0457. The van der Waals surface area contributed by atoms with Gasteiger partial charge in [0.05, 0.1) is 5.92 Å². The van der Waals surface area contributed by atoms with Crippen molar-refractivity contribution in [1.29, 1.82) is 0 Å². The van der Waals surface area contributed by atoms with Gasteiger partial charge in [0.1, 0.15) is 10.6 Å². The third kappa shape index (κ3) is 3.70. The maximum absolute atomic E-state index is 12.5. The summed E-state index contributed by atoms with van der Waals surface area (Å²) in [6, 6.07) is 1.07. The largest absolute Gasteiger partial charge is 0.391 e.